The van der Waals surface area contributed by atoms with Gasteiger partial charge in [0.15, 0.2) is 0 Å². The normalized spacial score (nSPS) is 31.2. The number of piperidine rings is 1. The highest BCUT2D eigenvalue weighted by Gasteiger charge is 2.46. The standard InChI is InChI=1S/C21H24N4O4/c26-17-6-5-16(18(27)24-17)25-19(28)14-4-3-12(8-15(14)20(25)29)9-23-21-7-1-2-13(21)10-22-11-21/h3-4,8,13,16,22-23H,1-2,5-7,9-11H2,(H,24,26,27)/t13-,16?,21-/m0/s1. The molecular formula is C21H24N4O4. The lowest BCUT2D eigenvalue weighted by Gasteiger charge is -2.30. The van der Waals surface area contributed by atoms with Gasteiger partial charge in [0.1, 0.15) is 6.04 Å². The fourth-order valence-electron chi connectivity index (χ4n) is 5.35. The number of hydrogen-bond acceptors (Lipinski definition) is 6. The van der Waals surface area contributed by atoms with Gasteiger partial charge in [-0.25, -0.2) is 0 Å². The van der Waals surface area contributed by atoms with Crippen LogP contribution in [0.4, 0.5) is 0 Å². The van der Waals surface area contributed by atoms with E-state index in [-0.39, 0.29) is 24.3 Å². The molecule has 0 radical (unpaired) electrons. The Morgan fingerprint density at radius 1 is 1.10 bits per heavy atom. The van der Waals surface area contributed by atoms with Crippen molar-refractivity contribution in [1.29, 1.82) is 0 Å². The van der Waals surface area contributed by atoms with Crippen LogP contribution in [-0.4, -0.2) is 53.2 Å². The van der Waals surface area contributed by atoms with Crippen molar-refractivity contribution < 1.29 is 19.2 Å². The molecule has 29 heavy (non-hydrogen) atoms. The molecule has 1 aliphatic carbocycles. The molecule has 1 aromatic carbocycles. The Hall–Kier alpha value is -2.58. The van der Waals surface area contributed by atoms with Gasteiger partial charge < -0.3 is 10.6 Å². The third-order valence-electron chi connectivity index (χ3n) is 6.94. The number of amides is 4. The first-order valence-electron chi connectivity index (χ1n) is 10.3. The predicted octanol–water partition coefficient (Wildman–Crippen LogP) is 0.320. The molecule has 1 saturated carbocycles. The number of rotatable bonds is 4. The smallest absolute Gasteiger partial charge is 0.262 e. The Bertz CT molecular complexity index is 917. The number of fused-ring (bicyclic) bond motifs is 2. The van der Waals surface area contributed by atoms with E-state index in [0.29, 0.717) is 23.6 Å². The van der Waals surface area contributed by atoms with Gasteiger partial charge in [0.25, 0.3) is 11.8 Å². The van der Waals surface area contributed by atoms with E-state index >= 15 is 0 Å². The summed E-state index contributed by atoms with van der Waals surface area (Å²) in [6.07, 6.45) is 3.91. The molecule has 3 N–H and O–H groups in total. The monoisotopic (exact) mass is 396 g/mol. The number of carbonyl (C=O) groups excluding carboxylic acids is 4. The fourth-order valence-corrected chi connectivity index (χ4v) is 5.35. The van der Waals surface area contributed by atoms with Gasteiger partial charge in [0.2, 0.25) is 11.8 Å². The molecule has 3 atom stereocenters. The van der Waals surface area contributed by atoms with Crippen molar-refractivity contribution in [2.75, 3.05) is 13.1 Å². The highest BCUT2D eigenvalue weighted by molar-refractivity contribution is 6.23. The van der Waals surface area contributed by atoms with E-state index in [1.807, 2.05) is 6.07 Å². The minimum absolute atomic E-state index is 0.121. The number of nitrogens with one attached hydrogen (secondary N) is 3. The molecule has 0 aromatic heterocycles. The van der Waals surface area contributed by atoms with Gasteiger partial charge in [-0.3, -0.25) is 29.4 Å². The molecule has 2 saturated heterocycles. The van der Waals surface area contributed by atoms with Crippen LogP contribution in [0, 0.1) is 5.92 Å². The first-order chi connectivity index (χ1) is 14.0. The Morgan fingerprint density at radius 3 is 2.76 bits per heavy atom. The minimum atomic E-state index is -0.927. The van der Waals surface area contributed by atoms with Crippen molar-refractivity contribution in [3.8, 4) is 0 Å². The van der Waals surface area contributed by atoms with Crippen LogP contribution >= 0.6 is 0 Å². The lowest BCUT2D eigenvalue weighted by Crippen LogP contribution is -2.54. The summed E-state index contributed by atoms with van der Waals surface area (Å²) in [6.45, 7) is 2.64. The van der Waals surface area contributed by atoms with Crippen LogP contribution in [0.15, 0.2) is 18.2 Å². The molecule has 8 nitrogen and oxygen atoms in total. The van der Waals surface area contributed by atoms with Gasteiger partial charge in [-0.2, -0.15) is 0 Å². The number of hydrogen-bond donors (Lipinski definition) is 3. The number of nitrogens with zero attached hydrogens (tertiary/aromatic N) is 1. The summed E-state index contributed by atoms with van der Waals surface area (Å²) in [7, 11) is 0. The molecule has 4 amide bonds. The van der Waals surface area contributed by atoms with Crippen LogP contribution in [0.25, 0.3) is 0 Å². The molecule has 0 bridgehead atoms. The number of imide groups is 2. The average Bonchev–Trinajstić information content (AvgIpc) is 3.34. The van der Waals surface area contributed by atoms with Crippen molar-refractivity contribution >= 4 is 23.6 Å². The van der Waals surface area contributed by atoms with Crippen LogP contribution in [0.1, 0.15) is 58.4 Å². The van der Waals surface area contributed by atoms with Gasteiger partial charge >= 0.3 is 0 Å². The average molecular weight is 396 g/mol. The molecular weight excluding hydrogens is 372 g/mol. The highest BCUT2D eigenvalue weighted by atomic mass is 16.2. The molecule has 3 fully saturated rings. The second-order valence-electron chi connectivity index (χ2n) is 8.56. The summed E-state index contributed by atoms with van der Waals surface area (Å²) in [5.74, 6) is -1.24. The summed E-state index contributed by atoms with van der Waals surface area (Å²) < 4.78 is 0. The minimum Gasteiger partial charge on any atom is -0.315 e. The van der Waals surface area contributed by atoms with Crippen LogP contribution in [0.2, 0.25) is 0 Å². The second-order valence-corrected chi connectivity index (χ2v) is 8.56. The molecule has 152 valence electrons. The van der Waals surface area contributed by atoms with E-state index in [2.05, 4.69) is 16.0 Å². The first kappa shape index (κ1) is 18.4. The van der Waals surface area contributed by atoms with Crippen LogP contribution in [0.5, 0.6) is 0 Å². The van der Waals surface area contributed by atoms with Gasteiger partial charge in [-0.05, 0) is 49.4 Å². The fraction of sp³-hybridized carbons (Fsp3) is 0.524. The molecule has 8 heteroatoms. The van der Waals surface area contributed by atoms with Gasteiger partial charge in [0, 0.05) is 25.0 Å². The number of benzene rings is 1. The summed E-state index contributed by atoms with van der Waals surface area (Å²) in [4.78, 5) is 50.3. The maximum Gasteiger partial charge on any atom is 0.262 e. The van der Waals surface area contributed by atoms with E-state index in [4.69, 9.17) is 0 Å². The van der Waals surface area contributed by atoms with Gasteiger partial charge in [-0.15, -0.1) is 0 Å². The summed E-state index contributed by atoms with van der Waals surface area (Å²) in [5, 5.41) is 9.40. The summed E-state index contributed by atoms with van der Waals surface area (Å²) >= 11 is 0. The van der Waals surface area contributed by atoms with Gasteiger partial charge in [0.05, 0.1) is 11.1 Å². The Balaban J connectivity index is 1.34. The zero-order chi connectivity index (χ0) is 20.2. The molecule has 4 aliphatic rings. The molecule has 5 rings (SSSR count). The van der Waals surface area contributed by atoms with Gasteiger partial charge in [-0.1, -0.05) is 12.5 Å². The molecule has 3 aliphatic heterocycles. The third-order valence-corrected chi connectivity index (χ3v) is 6.94. The zero-order valence-corrected chi connectivity index (χ0v) is 16.1. The van der Waals surface area contributed by atoms with E-state index in [1.165, 1.54) is 12.8 Å². The quantitative estimate of drug-likeness (QED) is 0.633. The predicted molar refractivity (Wildman–Crippen MR) is 103 cm³/mol. The molecule has 3 heterocycles. The van der Waals surface area contributed by atoms with Crippen molar-refractivity contribution in [3.05, 3.63) is 34.9 Å². The van der Waals surface area contributed by atoms with E-state index < -0.39 is 23.8 Å². The maximum atomic E-state index is 12.9. The van der Waals surface area contributed by atoms with Crippen LogP contribution in [-0.2, 0) is 16.1 Å². The van der Waals surface area contributed by atoms with Crippen molar-refractivity contribution in [2.24, 2.45) is 5.92 Å². The Morgan fingerprint density at radius 2 is 1.93 bits per heavy atom. The van der Waals surface area contributed by atoms with Crippen LogP contribution < -0.4 is 16.0 Å². The summed E-state index contributed by atoms with van der Waals surface area (Å²) in [5.41, 5.74) is 1.73. The topological polar surface area (TPSA) is 108 Å². The SMILES string of the molecule is O=C1CCC(N2C(=O)c3ccc(CN[C@]45CCC[C@H]4CNC5)cc3C2=O)C(=O)N1. The van der Waals surface area contributed by atoms with E-state index in [9.17, 15) is 19.2 Å². The largest absolute Gasteiger partial charge is 0.315 e. The molecule has 1 aromatic rings. The second kappa shape index (κ2) is 6.74. The Kier molecular flexibility index (Phi) is 4.29. The lowest BCUT2D eigenvalue weighted by molar-refractivity contribution is -0.136. The molecule has 0 spiro atoms. The van der Waals surface area contributed by atoms with Crippen molar-refractivity contribution in [2.45, 2.75) is 50.2 Å². The van der Waals surface area contributed by atoms with Crippen molar-refractivity contribution in [3.63, 3.8) is 0 Å². The number of carbonyl (C=O) groups is 4. The molecule has 1 unspecified atom stereocenters. The third kappa shape index (κ3) is 2.89. The lowest BCUT2D eigenvalue weighted by atomic mass is 9.90. The maximum absolute atomic E-state index is 12.9. The summed E-state index contributed by atoms with van der Waals surface area (Å²) in [6, 6.07) is 4.38. The highest BCUT2D eigenvalue weighted by Crippen LogP contribution is 2.38. The first-order valence-corrected chi connectivity index (χ1v) is 10.3. The van der Waals surface area contributed by atoms with Crippen LogP contribution in [0.3, 0.4) is 0 Å². The van der Waals surface area contributed by atoms with E-state index in [0.717, 1.165) is 30.0 Å². The van der Waals surface area contributed by atoms with E-state index in [1.54, 1.807) is 12.1 Å². The zero-order valence-electron chi connectivity index (χ0n) is 16.1. The Labute approximate surface area is 168 Å². The van der Waals surface area contributed by atoms with Crippen molar-refractivity contribution in [1.82, 2.24) is 20.9 Å².